The summed E-state index contributed by atoms with van der Waals surface area (Å²) in [5.41, 5.74) is 4.98. The molecule has 1 heteroatoms. The highest BCUT2D eigenvalue weighted by Crippen LogP contribution is 2.22. The first-order valence-electron chi connectivity index (χ1n) is 6.69. The van der Waals surface area contributed by atoms with Gasteiger partial charge in [0.25, 0.3) is 0 Å². The van der Waals surface area contributed by atoms with Gasteiger partial charge in [-0.2, -0.15) is 0 Å². The number of nitrogens with one attached hydrogen (secondary N) is 1. The van der Waals surface area contributed by atoms with Crippen molar-refractivity contribution in [3.63, 3.8) is 0 Å². The van der Waals surface area contributed by atoms with Gasteiger partial charge in [-0.15, -0.1) is 0 Å². The lowest BCUT2D eigenvalue weighted by Crippen LogP contribution is -2.08. The molecular formula is C17H27N. The highest BCUT2D eigenvalue weighted by Gasteiger charge is 2.05. The summed E-state index contributed by atoms with van der Waals surface area (Å²) in [6.07, 6.45) is 11.6. The fourth-order valence-corrected chi connectivity index (χ4v) is 1.65. The third-order valence-electron chi connectivity index (χ3n) is 2.61. The largest absolute Gasteiger partial charge is 0.391 e. The van der Waals surface area contributed by atoms with E-state index in [1.54, 1.807) is 0 Å². The zero-order valence-corrected chi connectivity index (χ0v) is 12.3. The molecule has 0 amide bonds. The molecule has 1 aliphatic rings. The van der Waals surface area contributed by atoms with Crippen LogP contribution < -0.4 is 5.32 Å². The third-order valence-corrected chi connectivity index (χ3v) is 2.61. The van der Waals surface area contributed by atoms with Crippen LogP contribution in [-0.4, -0.2) is 7.05 Å². The fourth-order valence-electron chi connectivity index (χ4n) is 1.65. The Labute approximate surface area is 113 Å². The smallest absolute Gasteiger partial charge is 0.0107 e. The Hall–Kier alpha value is -1.50. The fraction of sp³-hybridized carbons (Fsp3) is 0.412. The van der Waals surface area contributed by atoms with Crippen LogP contribution in [0, 0.1) is 0 Å². The van der Waals surface area contributed by atoms with Crippen LogP contribution in [0.1, 0.15) is 40.0 Å². The summed E-state index contributed by atoms with van der Waals surface area (Å²) in [7, 11) is 1.97. The molecule has 0 aromatic rings. The zero-order valence-electron chi connectivity index (χ0n) is 12.3. The molecule has 0 fully saturated rings. The second-order valence-corrected chi connectivity index (χ2v) is 4.28. The van der Waals surface area contributed by atoms with E-state index < -0.39 is 0 Å². The maximum absolute atomic E-state index is 4.05. The molecule has 1 N–H and O–H groups in total. The van der Waals surface area contributed by atoms with Crippen LogP contribution in [0.2, 0.25) is 0 Å². The molecule has 0 radical (unpaired) electrons. The molecule has 0 spiro atoms. The Morgan fingerprint density at radius 1 is 1.22 bits per heavy atom. The minimum atomic E-state index is 0.970. The minimum Gasteiger partial charge on any atom is -0.391 e. The van der Waals surface area contributed by atoms with E-state index in [4.69, 9.17) is 0 Å². The molecule has 0 saturated heterocycles. The Balaban J connectivity index is 0.00000137. The summed E-state index contributed by atoms with van der Waals surface area (Å²) < 4.78 is 0. The van der Waals surface area contributed by atoms with E-state index in [0.29, 0.717) is 0 Å². The Morgan fingerprint density at radius 3 is 2.33 bits per heavy atom. The first-order chi connectivity index (χ1) is 8.61. The molecule has 0 atom stereocenters. The maximum atomic E-state index is 4.05. The minimum absolute atomic E-state index is 0.970. The zero-order chi connectivity index (χ0) is 14.0. The molecule has 100 valence electrons. The second kappa shape index (κ2) is 9.52. The molecule has 1 rings (SSSR count). The van der Waals surface area contributed by atoms with E-state index in [2.05, 4.69) is 36.7 Å². The molecule has 0 aliphatic heterocycles. The molecule has 1 aliphatic carbocycles. The third kappa shape index (κ3) is 6.95. The summed E-state index contributed by atoms with van der Waals surface area (Å²) in [6.45, 7) is 13.9. The lowest BCUT2D eigenvalue weighted by atomic mass is 9.96. The van der Waals surface area contributed by atoms with Gasteiger partial charge in [-0.1, -0.05) is 62.0 Å². The van der Waals surface area contributed by atoms with Gasteiger partial charge in [0.1, 0.15) is 0 Å². The van der Waals surface area contributed by atoms with Gasteiger partial charge < -0.3 is 5.32 Å². The molecule has 1 nitrogen and oxygen atoms in total. The Morgan fingerprint density at radius 2 is 1.89 bits per heavy atom. The van der Waals surface area contributed by atoms with Crippen LogP contribution in [0.25, 0.3) is 0 Å². The number of hydrogen-bond donors (Lipinski definition) is 1. The van der Waals surface area contributed by atoms with Crippen molar-refractivity contribution < 1.29 is 0 Å². The van der Waals surface area contributed by atoms with Gasteiger partial charge in [-0.3, -0.25) is 0 Å². The van der Waals surface area contributed by atoms with Crippen molar-refractivity contribution in [2.75, 3.05) is 7.05 Å². The molecule has 0 aromatic heterocycles. The molecule has 18 heavy (non-hydrogen) atoms. The van der Waals surface area contributed by atoms with Gasteiger partial charge in [0.15, 0.2) is 0 Å². The standard InChI is InChI=1S/C15H21N.C2H6/c1-12(2)5-6-13(3)11-14-7-9-15(16-4)10-8-14;1-2/h5-7,9,16H,1,3,8,10-11H2,2,4H3;1-2H3/b6-5-;. The van der Waals surface area contributed by atoms with Gasteiger partial charge in [-0.25, -0.2) is 0 Å². The molecular weight excluding hydrogens is 218 g/mol. The summed E-state index contributed by atoms with van der Waals surface area (Å²) in [5.74, 6) is 0. The van der Waals surface area contributed by atoms with Crippen molar-refractivity contribution in [2.24, 2.45) is 0 Å². The second-order valence-electron chi connectivity index (χ2n) is 4.28. The van der Waals surface area contributed by atoms with Crippen molar-refractivity contribution in [1.82, 2.24) is 5.32 Å². The van der Waals surface area contributed by atoms with Gasteiger partial charge in [0.2, 0.25) is 0 Å². The lowest BCUT2D eigenvalue weighted by molar-refractivity contribution is 0.798. The SMILES string of the molecule is C=C(C)/C=C\C(=C)CC1=CC=C(NC)CC1.CC. The quantitative estimate of drug-likeness (QED) is 0.678. The van der Waals surface area contributed by atoms with Crippen LogP contribution in [0.3, 0.4) is 0 Å². The lowest BCUT2D eigenvalue weighted by Gasteiger charge is -2.14. The van der Waals surface area contributed by atoms with Crippen molar-refractivity contribution in [2.45, 2.75) is 40.0 Å². The predicted octanol–water partition coefficient (Wildman–Crippen LogP) is 4.91. The van der Waals surface area contributed by atoms with Gasteiger partial charge in [0.05, 0.1) is 0 Å². The Kier molecular flexibility index (Phi) is 8.73. The van der Waals surface area contributed by atoms with Crippen LogP contribution in [0.4, 0.5) is 0 Å². The van der Waals surface area contributed by atoms with Crippen molar-refractivity contribution in [1.29, 1.82) is 0 Å². The van der Waals surface area contributed by atoms with Crippen molar-refractivity contribution in [3.8, 4) is 0 Å². The summed E-state index contributed by atoms with van der Waals surface area (Å²) in [4.78, 5) is 0. The Bertz CT molecular complexity index is 367. The van der Waals surface area contributed by atoms with E-state index in [9.17, 15) is 0 Å². The van der Waals surface area contributed by atoms with Crippen molar-refractivity contribution >= 4 is 0 Å². The summed E-state index contributed by atoms with van der Waals surface area (Å²) >= 11 is 0. The predicted molar refractivity (Wildman–Crippen MR) is 83.5 cm³/mol. The van der Waals surface area contributed by atoms with Gasteiger partial charge in [0, 0.05) is 12.7 Å². The average molecular weight is 245 g/mol. The van der Waals surface area contributed by atoms with E-state index in [0.717, 1.165) is 30.4 Å². The highest BCUT2D eigenvalue weighted by atomic mass is 14.8. The van der Waals surface area contributed by atoms with Crippen LogP contribution in [-0.2, 0) is 0 Å². The van der Waals surface area contributed by atoms with E-state index in [1.165, 1.54) is 11.3 Å². The van der Waals surface area contributed by atoms with E-state index in [-0.39, 0.29) is 0 Å². The van der Waals surface area contributed by atoms with Crippen LogP contribution in [0.5, 0.6) is 0 Å². The number of hydrogen-bond acceptors (Lipinski definition) is 1. The number of allylic oxidation sites excluding steroid dienone is 8. The first kappa shape index (κ1) is 16.5. The summed E-state index contributed by atoms with van der Waals surface area (Å²) in [6, 6.07) is 0. The van der Waals surface area contributed by atoms with Crippen LogP contribution >= 0.6 is 0 Å². The number of rotatable bonds is 5. The maximum Gasteiger partial charge on any atom is 0.0107 e. The van der Waals surface area contributed by atoms with Crippen LogP contribution in [0.15, 0.2) is 59.9 Å². The molecule has 0 aromatic carbocycles. The monoisotopic (exact) mass is 245 g/mol. The topological polar surface area (TPSA) is 12.0 Å². The van der Waals surface area contributed by atoms with Gasteiger partial charge >= 0.3 is 0 Å². The average Bonchev–Trinajstić information content (AvgIpc) is 2.39. The molecule has 0 heterocycles. The first-order valence-corrected chi connectivity index (χ1v) is 6.69. The molecule has 0 saturated carbocycles. The summed E-state index contributed by atoms with van der Waals surface area (Å²) in [5, 5.41) is 3.19. The highest BCUT2D eigenvalue weighted by molar-refractivity contribution is 5.31. The van der Waals surface area contributed by atoms with Crippen molar-refractivity contribution in [3.05, 3.63) is 59.9 Å². The molecule has 0 unspecified atom stereocenters. The molecule has 0 bridgehead atoms. The van der Waals surface area contributed by atoms with Gasteiger partial charge in [-0.05, 0) is 32.3 Å². The normalized spacial score (nSPS) is 14.2. The van der Waals surface area contributed by atoms with E-state index >= 15 is 0 Å². The van der Waals surface area contributed by atoms with E-state index in [1.807, 2.05) is 33.9 Å².